The van der Waals surface area contributed by atoms with Gasteiger partial charge in [-0.25, -0.2) is 9.97 Å². The number of nitrogens with zero attached hydrogens (tertiary/aromatic N) is 3. The van der Waals surface area contributed by atoms with Crippen molar-refractivity contribution in [3.8, 4) is 0 Å². The van der Waals surface area contributed by atoms with Gasteiger partial charge in [0.1, 0.15) is 11.3 Å². The number of hydrogen-bond donors (Lipinski definition) is 1. The first kappa shape index (κ1) is 13.0. The van der Waals surface area contributed by atoms with Crippen molar-refractivity contribution in [2.45, 2.75) is 25.8 Å². The quantitative estimate of drug-likeness (QED) is 0.799. The number of rotatable bonds is 4. The third-order valence-corrected chi connectivity index (χ3v) is 3.56. The van der Waals surface area contributed by atoms with Crippen LogP contribution in [0.3, 0.4) is 0 Å². The molecule has 3 aromatic rings. The zero-order valence-corrected chi connectivity index (χ0v) is 11.8. The smallest absolute Gasteiger partial charge is 0.202 e. The van der Waals surface area contributed by atoms with Gasteiger partial charge >= 0.3 is 0 Å². The molecule has 0 saturated carbocycles. The summed E-state index contributed by atoms with van der Waals surface area (Å²) in [5, 5.41) is 0.561. The zero-order valence-electron chi connectivity index (χ0n) is 11.1. The molecule has 0 amide bonds. The standard InChI is InChI=1S/C14H15ClN4O/c1-9(4-5-11-3-2-6-20-11)19-13-12(18-14(19)16)7-10(15)8-17-13/h2-3,6-9H,4-5H2,1H3,(H2,16,18). The van der Waals surface area contributed by atoms with Crippen LogP contribution in [0, 0.1) is 0 Å². The summed E-state index contributed by atoms with van der Waals surface area (Å²) in [4.78, 5) is 8.64. The van der Waals surface area contributed by atoms with Crippen LogP contribution in [0.15, 0.2) is 35.1 Å². The summed E-state index contributed by atoms with van der Waals surface area (Å²) in [6, 6.07) is 5.82. The van der Waals surface area contributed by atoms with Gasteiger partial charge in [0.15, 0.2) is 5.65 Å². The highest BCUT2D eigenvalue weighted by Gasteiger charge is 2.15. The molecule has 0 spiro atoms. The van der Waals surface area contributed by atoms with E-state index in [4.69, 9.17) is 21.8 Å². The molecule has 3 heterocycles. The number of furan rings is 1. The molecule has 0 aliphatic carbocycles. The Bertz CT molecular complexity index is 720. The predicted octanol–water partition coefficient (Wildman–Crippen LogP) is 3.45. The molecule has 3 aromatic heterocycles. The highest BCUT2D eigenvalue weighted by molar-refractivity contribution is 6.31. The van der Waals surface area contributed by atoms with Gasteiger partial charge in [-0.2, -0.15) is 0 Å². The van der Waals surface area contributed by atoms with E-state index in [2.05, 4.69) is 16.9 Å². The lowest BCUT2D eigenvalue weighted by Crippen LogP contribution is -2.10. The lowest BCUT2D eigenvalue weighted by atomic mass is 10.1. The molecule has 0 bridgehead atoms. The van der Waals surface area contributed by atoms with Crippen molar-refractivity contribution >= 4 is 28.7 Å². The summed E-state index contributed by atoms with van der Waals surface area (Å²) in [6.07, 6.45) is 5.04. The molecule has 1 unspecified atom stereocenters. The summed E-state index contributed by atoms with van der Waals surface area (Å²) in [5.74, 6) is 1.43. The van der Waals surface area contributed by atoms with Gasteiger partial charge in [0.05, 0.1) is 11.3 Å². The first-order valence-corrected chi connectivity index (χ1v) is 6.84. The summed E-state index contributed by atoms with van der Waals surface area (Å²) >= 11 is 5.92. The molecule has 5 nitrogen and oxygen atoms in total. The SMILES string of the molecule is CC(CCc1ccco1)n1c(N)nc2cc(Cl)cnc21. The second-order valence-corrected chi connectivity index (χ2v) is 5.24. The molecule has 20 heavy (non-hydrogen) atoms. The molecule has 2 N–H and O–H groups in total. The number of nitrogen functional groups attached to an aromatic ring is 1. The van der Waals surface area contributed by atoms with Crippen LogP contribution in [-0.2, 0) is 6.42 Å². The number of halogens is 1. The van der Waals surface area contributed by atoms with Gasteiger partial charge in [0, 0.05) is 18.7 Å². The van der Waals surface area contributed by atoms with Crippen molar-refractivity contribution in [1.82, 2.24) is 14.5 Å². The Morgan fingerprint density at radius 2 is 2.35 bits per heavy atom. The summed E-state index contributed by atoms with van der Waals surface area (Å²) in [5.41, 5.74) is 7.48. The van der Waals surface area contributed by atoms with E-state index in [-0.39, 0.29) is 6.04 Å². The van der Waals surface area contributed by atoms with Crippen molar-refractivity contribution in [2.24, 2.45) is 0 Å². The van der Waals surface area contributed by atoms with Crippen LogP contribution in [-0.4, -0.2) is 14.5 Å². The van der Waals surface area contributed by atoms with Crippen molar-refractivity contribution in [1.29, 1.82) is 0 Å². The number of anilines is 1. The second kappa shape index (κ2) is 5.17. The average Bonchev–Trinajstić information content (AvgIpc) is 3.02. The van der Waals surface area contributed by atoms with Gasteiger partial charge in [0.2, 0.25) is 5.95 Å². The van der Waals surface area contributed by atoms with Gasteiger partial charge in [-0.1, -0.05) is 11.6 Å². The van der Waals surface area contributed by atoms with Gasteiger partial charge in [-0.05, 0) is 31.5 Å². The fourth-order valence-electron chi connectivity index (χ4n) is 2.34. The van der Waals surface area contributed by atoms with Crippen LogP contribution in [0.2, 0.25) is 5.02 Å². The Hall–Kier alpha value is -2.01. The number of pyridine rings is 1. The Morgan fingerprint density at radius 1 is 1.50 bits per heavy atom. The van der Waals surface area contributed by atoms with Crippen molar-refractivity contribution < 1.29 is 4.42 Å². The highest BCUT2D eigenvalue weighted by Crippen LogP contribution is 2.25. The van der Waals surface area contributed by atoms with E-state index in [9.17, 15) is 0 Å². The lowest BCUT2D eigenvalue weighted by Gasteiger charge is -2.14. The molecular formula is C14H15ClN4O. The Kier molecular flexibility index (Phi) is 3.36. The van der Waals surface area contributed by atoms with Crippen LogP contribution in [0.5, 0.6) is 0 Å². The van der Waals surface area contributed by atoms with Gasteiger partial charge in [0.25, 0.3) is 0 Å². The first-order valence-electron chi connectivity index (χ1n) is 6.46. The van der Waals surface area contributed by atoms with Crippen LogP contribution in [0.25, 0.3) is 11.2 Å². The Morgan fingerprint density at radius 3 is 3.10 bits per heavy atom. The minimum absolute atomic E-state index is 0.179. The number of aromatic nitrogens is 3. The molecule has 1 atom stereocenters. The van der Waals surface area contributed by atoms with Crippen molar-refractivity contribution in [3.05, 3.63) is 41.4 Å². The molecule has 3 rings (SSSR count). The van der Waals surface area contributed by atoms with Gasteiger partial charge in [-0.3, -0.25) is 4.57 Å². The topological polar surface area (TPSA) is 69.9 Å². The molecule has 0 aromatic carbocycles. The fourth-order valence-corrected chi connectivity index (χ4v) is 2.50. The van der Waals surface area contributed by atoms with Gasteiger partial charge < -0.3 is 10.2 Å². The van der Waals surface area contributed by atoms with E-state index in [1.807, 2.05) is 16.7 Å². The van der Waals surface area contributed by atoms with Gasteiger partial charge in [-0.15, -0.1) is 0 Å². The summed E-state index contributed by atoms with van der Waals surface area (Å²) < 4.78 is 7.28. The fraction of sp³-hybridized carbons (Fsp3) is 0.286. The number of nitrogens with two attached hydrogens (primary N) is 1. The maximum absolute atomic E-state index is 6.00. The average molecular weight is 291 g/mol. The van der Waals surface area contributed by atoms with E-state index in [0.29, 0.717) is 11.0 Å². The molecule has 104 valence electrons. The van der Waals surface area contributed by atoms with Crippen molar-refractivity contribution in [3.63, 3.8) is 0 Å². The van der Waals surface area contributed by atoms with E-state index < -0.39 is 0 Å². The van der Waals surface area contributed by atoms with Crippen LogP contribution >= 0.6 is 11.6 Å². The number of imidazole rings is 1. The third kappa shape index (κ3) is 2.36. The Labute approximate surface area is 121 Å². The van der Waals surface area contributed by atoms with E-state index >= 15 is 0 Å². The predicted molar refractivity (Wildman–Crippen MR) is 78.7 cm³/mol. The third-order valence-electron chi connectivity index (χ3n) is 3.35. The van der Waals surface area contributed by atoms with Crippen LogP contribution in [0.4, 0.5) is 5.95 Å². The number of fused-ring (bicyclic) bond motifs is 1. The Balaban J connectivity index is 1.87. The molecular weight excluding hydrogens is 276 g/mol. The summed E-state index contributed by atoms with van der Waals surface area (Å²) in [7, 11) is 0. The molecule has 0 saturated heterocycles. The monoisotopic (exact) mass is 290 g/mol. The van der Waals surface area contributed by atoms with E-state index in [1.165, 1.54) is 0 Å². The van der Waals surface area contributed by atoms with Crippen LogP contribution in [0.1, 0.15) is 25.1 Å². The normalized spacial score (nSPS) is 12.9. The largest absolute Gasteiger partial charge is 0.469 e. The molecule has 6 heteroatoms. The lowest BCUT2D eigenvalue weighted by molar-refractivity contribution is 0.459. The molecule has 0 aliphatic heterocycles. The molecule has 0 radical (unpaired) electrons. The van der Waals surface area contributed by atoms with E-state index in [1.54, 1.807) is 18.5 Å². The zero-order chi connectivity index (χ0) is 14.1. The maximum atomic E-state index is 6.00. The number of hydrogen-bond acceptors (Lipinski definition) is 4. The second-order valence-electron chi connectivity index (χ2n) is 4.80. The number of aryl methyl sites for hydroxylation is 1. The van der Waals surface area contributed by atoms with Crippen LogP contribution < -0.4 is 5.73 Å². The molecule has 0 aliphatic rings. The minimum Gasteiger partial charge on any atom is -0.469 e. The minimum atomic E-state index is 0.179. The summed E-state index contributed by atoms with van der Waals surface area (Å²) in [6.45, 7) is 2.09. The molecule has 0 fully saturated rings. The highest BCUT2D eigenvalue weighted by atomic mass is 35.5. The van der Waals surface area contributed by atoms with Crippen molar-refractivity contribution in [2.75, 3.05) is 5.73 Å². The maximum Gasteiger partial charge on any atom is 0.202 e. The first-order chi connectivity index (χ1) is 9.65. The van der Waals surface area contributed by atoms with E-state index in [0.717, 1.165) is 29.8 Å².